The highest BCUT2D eigenvalue weighted by Crippen LogP contribution is 2.38. The van der Waals surface area contributed by atoms with Crippen molar-refractivity contribution in [2.45, 2.75) is 62.8 Å². The standard InChI is InChI=1S/C20H28N2O5/c1-25-13-19(23)22-15-2-3-16(22)11-18(10-15)27-17-4-7-21(8-5-17)20(24)14-6-9-26-12-14/h6,9,12,15-18H,2-5,7-8,10-11,13H2,1H3/t15-,16+,18?. The van der Waals surface area contributed by atoms with Gasteiger partial charge in [0.15, 0.2) is 0 Å². The van der Waals surface area contributed by atoms with E-state index in [2.05, 4.69) is 0 Å². The van der Waals surface area contributed by atoms with Gasteiger partial charge in [0.2, 0.25) is 5.91 Å². The van der Waals surface area contributed by atoms with E-state index in [0.717, 1.165) is 38.5 Å². The molecule has 27 heavy (non-hydrogen) atoms. The van der Waals surface area contributed by atoms with E-state index in [9.17, 15) is 9.59 Å². The molecule has 3 fully saturated rings. The van der Waals surface area contributed by atoms with E-state index in [1.54, 1.807) is 13.2 Å². The quantitative estimate of drug-likeness (QED) is 0.787. The van der Waals surface area contributed by atoms with Crippen molar-refractivity contribution in [2.24, 2.45) is 0 Å². The Labute approximate surface area is 159 Å². The maximum atomic E-state index is 12.4. The second kappa shape index (κ2) is 8.02. The average molecular weight is 376 g/mol. The van der Waals surface area contributed by atoms with Crippen LogP contribution in [-0.2, 0) is 14.3 Å². The molecule has 3 saturated heterocycles. The number of rotatable bonds is 5. The summed E-state index contributed by atoms with van der Waals surface area (Å²) in [5, 5.41) is 0. The molecule has 2 amide bonds. The lowest BCUT2D eigenvalue weighted by molar-refractivity contribution is -0.144. The van der Waals surface area contributed by atoms with Crippen LogP contribution in [0.4, 0.5) is 0 Å². The van der Waals surface area contributed by atoms with Gasteiger partial charge in [-0.25, -0.2) is 0 Å². The topological polar surface area (TPSA) is 72.2 Å². The molecule has 0 aromatic carbocycles. The van der Waals surface area contributed by atoms with Crippen molar-refractivity contribution in [2.75, 3.05) is 26.8 Å². The lowest BCUT2D eigenvalue weighted by atomic mass is 9.98. The SMILES string of the molecule is COCC(=O)N1[C@@H]2CC[C@H]1CC(OC1CCN(C(=O)c3ccoc3)CC1)C2. The van der Waals surface area contributed by atoms with Crippen LogP contribution in [0.15, 0.2) is 23.0 Å². The van der Waals surface area contributed by atoms with Gasteiger partial charge in [0.1, 0.15) is 12.9 Å². The fraction of sp³-hybridized carbons (Fsp3) is 0.700. The molecule has 3 aliphatic heterocycles. The number of piperidine rings is 2. The van der Waals surface area contributed by atoms with Gasteiger partial charge in [-0.05, 0) is 44.6 Å². The van der Waals surface area contributed by atoms with Crippen LogP contribution in [0.2, 0.25) is 0 Å². The van der Waals surface area contributed by atoms with Crippen molar-refractivity contribution >= 4 is 11.8 Å². The van der Waals surface area contributed by atoms with Crippen LogP contribution in [0.5, 0.6) is 0 Å². The number of nitrogens with zero attached hydrogens (tertiary/aromatic N) is 2. The molecule has 0 saturated carbocycles. The summed E-state index contributed by atoms with van der Waals surface area (Å²) in [7, 11) is 1.57. The number of furan rings is 1. The molecule has 0 spiro atoms. The molecule has 3 aliphatic rings. The summed E-state index contributed by atoms with van der Waals surface area (Å²) >= 11 is 0. The summed E-state index contributed by atoms with van der Waals surface area (Å²) < 4.78 is 16.4. The van der Waals surface area contributed by atoms with E-state index in [1.807, 2.05) is 9.80 Å². The number of carbonyl (C=O) groups excluding carboxylic acids is 2. The molecule has 7 heteroatoms. The second-order valence-electron chi connectivity index (χ2n) is 7.85. The monoisotopic (exact) mass is 376 g/mol. The molecule has 0 aliphatic carbocycles. The molecular formula is C20H28N2O5. The predicted octanol–water partition coefficient (Wildman–Crippen LogP) is 2.07. The summed E-state index contributed by atoms with van der Waals surface area (Å²) in [5.41, 5.74) is 0.610. The first-order valence-electron chi connectivity index (χ1n) is 9.92. The van der Waals surface area contributed by atoms with Crippen LogP contribution in [0.1, 0.15) is 48.9 Å². The van der Waals surface area contributed by atoms with E-state index in [0.29, 0.717) is 30.7 Å². The summed E-state index contributed by atoms with van der Waals surface area (Å²) in [6, 6.07) is 2.29. The highest BCUT2D eigenvalue weighted by atomic mass is 16.5. The summed E-state index contributed by atoms with van der Waals surface area (Å²) in [6.45, 7) is 1.60. The molecule has 148 valence electrons. The number of likely N-dealkylation sites (tertiary alicyclic amines) is 1. The molecular weight excluding hydrogens is 348 g/mol. The molecule has 7 nitrogen and oxygen atoms in total. The van der Waals surface area contributed by atoms with E-state index in [4.69, 9.17) is 13.9 Å². The average Bonchev–Trinajstić information content (AvgIpc) is 3.29. The van der Waals surface area contributed by atoms with Crippen molar-refractivity contribution in [1.29, 1.82) is 0 Å². The Morgan fingerprint density at radius 2 is 1.81 bits per heavy atom. The van der Waals surface area contributed by atoms with Crippen LogP contribution >= 0.6 is 0 Å². The lowest BCUT2D eigenvalue weighted by Gasteiger charge is -2.41. The minimum absolute atomic E-state index is 0.0326. The highest BCUT2D eigenvalue weighted by molar-refractivity contribution is 5.93. The van der Waals surface area contributed by atoms with Crippen LogP contribution in [0.3, 0.4) is 0 Å². The van der Waals surface area contributed by atoms with E-state index >= 15 is 0 Å². The number of amides is 2. The van der Waals surface area contributed by atoms with Gasteiger partial charge in [-0.1, -0.05) is 0 Å². The molecule has 0 radical (unpaired) electrons. The Balaban J connectivity index is 1.26. The zero-order chi connectivity index (χ0) is 18.8. The Hall–Kier alpha value is -1.86. The van der Waals surface area contributed by atoms with Crippen molar-refractivity contribution in [3.8, 4) is 0 Å². The van der Waals surface area contributed by atoms with Crippen molar-refractivity contribution in [1.82, 2.24) is 9.80 Å². The van der Waals surface area contributed by atoms with E-state index in [1.165, 1.54) is 12.5 Å². The van der Waals surface area contributed by atoms with Gasteiger partial charge in [0.25, 0.3) is 5.91 Å². The van der Waals surface area contributed by atoms with Gasteiger partial charge >= 0.3 is 0 Å². The summed E-state index contributed by atoms with van der Waals surface area (Å²) in [4.78, 5) is 28.6. The van der Waals surface area contributed by atoms with Crippen LogP contribution in [0.25, 0.3) is 0 Å². The molecule has 0 N–H and O–H groups in total. The third-order valence-electron chi connectivity index (χ3n) is 6.13. The van der Waals surface area contributed by atoms with Gasteiger partial charge in [0, 0.05) is 32.3 Å². The summed E-state index contributed by atoms with van der Waals surface area (Å²) in [5.74, 6) is 0.139. The Morgan fingerprint density at radius 1 is 1.11 bits per heavy atom. The Morgan fingerprint density at radius 3 is 2.41 bits per heavy atom. The van der Waals surface area contributed by atoms with E-state index in [-0.39, 0.29) is 30.6 Å². The maximum absolute atomic E-state index is 12.4. The lowest BCUT2D eigenvalue weighted by Crippen LogP contribution is -2.50. The van der Waals surface area contributed by atoms with Crippen molar-refractivity contribution in [3.63, 3.8) is 0 Å². The molecule has 2 bridgehead atoms. The first-order valence-corrected chi connectivity index (χ1v) is 9.92. The minimum Gasteiger partial charge on any atom is -0.472 e. The number of carbonyl (C=O) groups is 2. The number of hydrogen-bond donors (Lipinski definition) is 0. The number of hydrogen-bond acceptors (Lipinski definition) is 5. The minimum atomic E-state index is 0.0326. The number of ether oxygens (including phenoxy) is 2. The van der Waals surface area contributed by atoms with Gasteiger partial charge in [-0.2, -0.15) is 0 Å². The van der Waals surface area contributed by atoms with Gasteiger partial charge < -0.3 is 23.7 Å². The highest BCUT2D eigenvalue weighted by Gasteiger charge is 2.44. The molecule has 3 atom stereocenters. The fourth-order valence-electron chi connectivity index (χ4n) is 4.88. The molecule has 4 rings (SSSR count). The third-order valence-corrected chi connectivity index (χ3v) is 6.13. The van der Waals surface area contributed by atoms with E-state index < -0.39 is 0 Å². The first-order chi connectivity index (χ1) is 13.2. The molecule has 1 unspecified atom stereocenters. The van der Waals surface area contributed by atoms with Crippen LogP contribution in [0, 0.1) is 0 Å². The number of fused-ring (bicyclic) bond motifs is 2. The molecule has 1 aromatic rings. The van der Waals surface area contributed by atoms with Crippen LogP contribution < -0.4 is 0 Å². The third kappa shape index (κ3) is 3.89. The zero-order valence-corrected chi connectivity index (χ0v) is 15.8. The van der Waals surface area contributed by atoms with Gasteiger partial charge in [-0.15, -0.1) is 0 Å². The van der Waals surface area contributed by atoms with Gasteiger partial charge in [-0.3, -0.25) is 9.59 Å². The van der Waals surface area contributed by atoms with Gasteiger partial charge in [0.05, 0.1) is 24.0 Å². The van der Waals surface area contributed by atoms with Crippen molar-refractivity contribution in [3.05, 3.63) is 24.2 Å². The predicted molar refractivity (Wildman–Crippen MR) is 97.3 cm³/mol. The largest absolute Gasteiger partial charge is 0.472 e. The Kier molecular flexibility index (Phi) is 5.50. The van der Waals surface area contributed by atoms with Crippen LogP contribution in [-0.4, -0.2) is 72.7 Å². The first kappa shape index (κ1) is 18.5. The summed E-state index contributed by atoms with van der Waals surface area (Å²) in [6.07, 6.45) is 9.14. The number of methoxy groups -OCH3 is 1. The maximum Gasteiger partial charge on any atom is 0.257 e. The zero-order valence-electron chi connectivity index (χ0n) is 15.8. The molecule has 4 heterocycles. The molecule has 1 aromatic heterocycles. The van der Waals surface area contributed by atoms with Crippen molar-refractivity contribution < 1.29 is 23.5 Å². The fourth-order valence-corrected chi connectivity index (χ4v) is 4.88. The normalized spacial score (nSPS) is 28.6. The Bertz CT molecular complexity index is 639. The smallest absolute Gasteiger partial charge is 0.257 e. The second-order valence-corrected chi connectivity index (χ2v) is 7.85.